The average Bonchev–Trinajstić information content (AvgIpc) is 2.89. The van der Waals surface area contributed by atoms with Crippen LogP contribution in [0.2, 0.25) is 0 Å². The molecule has 1 amide bonds. The number of carboxylic acids is 1. The molecule has 23 heavy (non-hydrogen) atoms. The molecule has 6 heteroatoms. The predicted molar refractivity (Wildman–Crippen MR) is 83.5 cm³/mol. The molecular formula is C17H15NO5. The molecule has 2 aromatic rings. The molecule has 0 atom stereocenters. The summed E-state index contributed by atoms with van der Waals surface area (Å²) in [6, 6.07) is 9.67. The van der Waals surface area contributed by atoms with Crippen LogP contribution in [0.4, 0.5) is 5.69 Å². The third-order valence-corrected chi connectivity index (χ3v) is 3.84. The Hall–Kier alpha value is -3.02. The Morgan fingerprint density at radius 2 is 1.70 bits per heavy atom. The van der Waals surface area contributed by atoms with E-state index in [0.29, 0.717) is 29.3 Å². The lowest BCUT2D eigenvalue weighted by molar-refractivity contribution is 0.0696. The molecule has 3 rings (SSSR count). The summed E-state index contributed by atoms with van der Waals surface area (Å²) in [5, 5.41) is 8.94. The van der Waals surface area contributed by atoms with Crippen molar-refractivity contribution in [3.05, 3.63) is 53.1 Å². The fraction of sp³-hybridized carbons (Fsp3) is 0.176. The van der Waals surface area contributed by atoms with Gasteiger partial charge in [-0.25, -0.2) is 4.79 Å². The maximum Gasteiger partial charge on any atom is 0.335 e. The molecule has 1 aliphatic rings. The topological polar surface area (TPSA) is 76.1 Å². The first kappa shape index (κ1) is 14.9. The van der Waals surface area contributed by atoms with Gasteiger partial charge in [-0.3, -0.25) is 4.79 Å². The number of amides is 1. The van der Waals surface area contributed by atoms with Crippen LogP contribution in [0.3, 0.4) is 0 Å². The summed E-state index contributed by atoms with van der Waals surface area (Å²) in [4.78, 5) is 25.1. The van der Waals surface area contributed by atoms with Crippen LogP contribution >= 0.6 is 0 Å². The largest absolute Gasteiger partial charge is 0.493 e. The maximum absolute atomic E-state index is 12.6. The third kappa shape index (κ3) is 2.48. The fourth-order valence-electron chi connectivity index (χ4n) is 2.63. The van der Waals surface area contributed by atoms with Crippen LogP contribution in [0.25, 0.3) is 0 Å². The molecule has 0 radical (unpaired) electrons. The minimum absolute atomic E-state index is 0.149. The molecule has 2 aromatic carbocycles. The molecule has 118 valence electrons. The lowest BCUT2D eigenvalue weighted by Gasteiger charge is -2.15. The van der Waals surface area contributed by atoms with Gasteiger partial charge in [0.2, 0.25) is 0 Å². The van der Waals surface area contributed by atoms with E-state index in [1.807, 2.05) is 0 Å². The summed E-state index contributed by atoms with van der Waals surface area (Å²) < 4.78 is 10.5. The smallest absolute Gasteiger partial charge is 0.335 e. The molecule has 0 spiro atoms. The van der Waals surface area contributed by atoms with Crippen LogP contribution < -0.4 is 14.4 Å². The van der Waals surface area contributed by atoms with E-state index in [1.54, 1.807) is 36.3 Å². The second-order valence-electron chi connectivity index (χ2n) is 5.11. The van der Waals surface area contributed by atoms with Crippen molar-refractivity contribution in [2.45, 2.75) is 6.54 Å². The Balaban J connectivity index is 1.95. The highest BCUT2D eigenvalue weighted by Gasteiger charge is 2.30. The van der Waals surface area contributed by atoms with Crippen LogP contribution in [0.1, 0.15) is 26.3 Å². The van der Waals surface area contributed by atoms with Crippen molar-refractivity contribution >= 4 is 17.6 Å². The number of carboxylic acid groups (broad SMARTS) is 1. The van der Waals surface area contributed by atoms with E-state index in [-0.39, 0.29) is 11.5 Å². The first-order chi connectivity index (χ1) is 11.0. The normalized spacial score (nSPS) is 13.0. The van der Waals surface area contributed by atoms with Crippen LogP contribution in [0.15, 0.2) is 36.4 Å². The zero-order valence-corrected chi connectivity index (χ0v) is 12.7. The molecule has 0 saturated heterocycles. The van der Waals surface area contributed by atoms with Crippen LogP contribution in [0.5, 0.6) is 11.5 Å². The number of hydrogen-bond acceptors (Lipinski definition) is 4. The quantitative estimate of drug-likeness (QED) is 0.939. The van der Waals surface area contributed by atoms with Gasteiger partial charge in [-0.05, 0) is 42.0 Å². The minimum atomic E-state index is -0.998. The van der Waals surface area contributed by atoms with Gasteiger partial charge in [0, 0.05) is 11.3 Å². The van der Waals surface area contributed by atoms with Crippen molar-refractivity contribution in [1.82, 2.24) is 0 Å². The highest BCUT2D eigenvalue weighted by molar-refractivity contribution is 6.10. The molecule has 1 aliphatic heterocycles. The molecule has 0 aromatic heterocycles. The number of ether oxygens (including phenoxy) is 2. The monoisotopic (exact) mass is 313 g/mol. The summed E-state index contributed by atoms with van der Waals surface area (Å²) in [5.41, 5.74) is 2.23. The number of nitrogens with zero attached hydrogens (tertiary/aromatic N) is 1. The highest BCUT2D eigenvalue weighted by atomic mass is 16.5. The molecule has 6 nitrogen and oxygen atoms in total. The number of methoxy groups -OCH3 is 2. The molecular weight excluding hydrogens is 298 g/mol. The molecule has 1 N–H and O–H groups in total. The van der Waals surface area contributed by atoms with Crippen molar-refractivity contribution in [3.63, 3.8) is 0 Å². The van der Waals surface area contributed by atoms with E-state index in [9.17, 15) is 9.59 Å². The number of anilines is 1. The fourth-order valence-corrected chi connectivity index (χ4v) is 2.63. The van der Waals surface area contributed by atoms with E-state index >= 15 is 0 Å². The Bertz CT molecular complexity index is 782. The third-order valence-electron chi connectivity index (χ3n) is 3.84. The Kier molecular flexibility index (Phi) is 3.65. The maximum atomic E-state index is 12.6. The molecule has 0 aliphatic carbocycles. The molecule has 0 saturated carbocycles. The van der Waals surface area contributed by atoms with Crippen LogP contribution in [0, 0.1) is 0 Å². The Morgan fingerprint density at radius 1 is 1.09 bits per heavy atom. The Labute approximate surface area is 132 Å². The summed E-state index contributed by atoms with van der Waals surface area (Å²) in [6.45, 7) is 0.404. The van der Waals surface area contributed by atoms with Crippen LogP contribution in [-0.2, 0) is 6.54 Å². The zero-order chi connectivity index (χ0) is 16.6. The van der Waals surface area contributed by atoms with E-state index in [2.05, 4.69) is 0 Å². The van der Waals surface area contributed by atoms with E-state index < -0.39 is 5.97 Å². The highest BCUT2D eigenvalue weighted by Crippen LogP contribution is 2.36. The average molecular weight is 313 g/mol. The second-order valence-corrected chi connectivity index (χ2v) is 5.11. The van der Waals surface area contributed by atoms with Gasteiger partial charge < -0.3 is 19.5 Å². The summed E-state index contributed by atoms with van der Waals surface area (Å²) in [6.07, 6.45) is 0. The van der Waals surface area contributed by atoms with Gasteiger partial charge in [0.15, 0.2) is 11.5 Å². The van der Waals surface area contributed by atoms with E-state index in [0.717, 1.165) is 5.56 Å². The number of benzene rings is 2. The number of fused-ring (bicyclic) bond motifs is 1. The molecule has 0 unspecified atom stereocenters. The molecule has 0 fully saturated rings. The van der Waals surface area contributed by atoms with Gasteiger partial charge in [-0.15, -0.1) is 0 Å². The first-order valence-corrected chi connectivity index (χ1v) is 6.95. The predicted octanol–water partition coefficient (Wildman–Crippen LogP) is 2.56. The zero-order valence-electron chi connectivity index (χ0n) is 12.7. The van der Waals surface area contributed by atoms with Crippen molar-refractivity contribution in [1.29, 1.82) is 0 Å². The number of carbonyl (C=O) groups excluding carboxylic acids is 1. The van der Waals surface area contributed by atoms with Crippen molar-refractivity contribution < 1.29 is 24.2 Å². The van der Waals surface area contributed by atoms with Gasteiger partial charge in [0.25, 0.3) is 5.91 Å². The summed E-state index contributed by atoms with van der Waals surface area (Å²) >= 11 is 0. The number of carbonyl (C=O) groups is 2. The molecule has 0 bridgehead atoms. The van der Waals surface area contributed by atoms with Gasteiger partial charge in [0.1, 0.15) is 0 Å². The van der Waals surface area contributed by atoms with Gasteiger partial charge in [-0.1, -0.05) is 0 Å². The lowest BCUT2D eigenvalue weighted by atomic mass is 10.1. The van der Waals surface area contributed by atoms with Gasteiger partial charge in [0.05, 0.1) is 26.3 Å². The van der Waals surface area contributed by atoms with Gasteiger partial charge in [-0.2, -0.15) is 0 Å². The van der Waals surface area contributed by atoms with Crippen LogP contribution in [-0.4, -0.2) is 31.2 Å². The van der Waals surface area contributed by atoms with E-state index in [1.165, 1.54) is 19.2 Å². The number of aromatic carboxylic acids is 1. The van der Waals surface area contributed by atoms with Crippen molar-refractivity contribution in [2.75, 3.05) is 19.1 Å². The lowest BCUT2D eigenvalue weighted by Crippen LogP contribution is -2.22. The molecule has 1 heterocycles. The number of hydrogen-bond donors (Lipinski definition) is 1. The number of rotatable bonds is 4. The van der Waals surface area contributed by atoms with Gasteiger partial charge >= 0.3 is 5.97 Å². The second kappa shape index (κ2) is 5.64. The minimum Gasteiger partial charge on any atom is -0.493 e. The van der Waals surface area contributed by atoms with Crippen molar-refractivity contribution in [2.24, 2.45) is 0 Å². The van der Waals surface area contributed by atoms with Crippen molar-refractivity contribution in [3.8, 4) is 11.5 Å². The Morgan fingerprint density at radius 3 is 2.26 bits per heavy atom. The summed E-state index contributed by atoms with van der Waals surface area (Å²) in [5.74, 6) is -0.0733. The van der Waals surface area contributed by atoms with E-state index in [4.69, 9.17) is 14.6 Å². The first-order valence-electron chi connectivity index (χ1n) is 6.95. The SMILES string of the molecule is COc1cc2c(cc1OC)C(=O)N(c1ccc(C(=O)O)cc1)C2. The summed E-state index contributed by atoms with van der Waals surface area (Å²) in [7, 11) is 3.06. The standard InChI is InChI=1S/C17H15NO5/c1-22-14-7-11-9-18(16(19)13(11)8-15(14)23-2)12-5-3-10(4-6-12)17(20)21/h3-8H,9H2,1-2H3,(H,20,21).